The smallest absolute Gasteiger partial charge is 0.133 e. The molecule has 1 atom stereocenters. The van der Waals surface area contributed by atoms with Crippen molar-refractivity contribution in [2.75, 3.05) is 13.2 Å². The zero-order chi connectivity index (χ0) is 10.2. The summed E-state index contributed by atoms with van der Waals surface area (Å²) >= 11 is 0. The number of hydrogen-bond donors (Lipinski definition) is 2. The molecule has 0 aromatic carbocycles. The zero-order valence-corrected chi connectivity index (χ0v) is 8.74. The normalized spacial score (nSPS) is 20.6. The second kappa shape index (κ2) is 6.96. The fourth-order valence-corrected chi connectivity index (χ4v) is 2.26. The van der Waals surface area contributed by atoms with Crippen molar-refractivity contribution < 1.29 is 9.90 Å². The van der Waals surface area contributed by atoms with Crippen molar-refractivity contribution in [3.8, 4) is 0 Å². The van der Waals surface area contributed by atoms with Crippen molar-refractivity contribution >= 4 is 6.29 Å². The van der Waals surface area contributed by atoms with Gasteiger partial charge < -0.3 is 15.2 Å². The summed E-state index contributed by atoms with van der Waals surface area (Å²) in [5.74, 6) is 0.750. The first-order valence-electron chi connectivity index (χ1n) is 5.64. The molecule has 0 aliphatic heterocycles. The molecule has 0 amide bonds. The molecule has 1 fully saturated rings. The van der Waals surface area contributed by atoms with Crippen LogP contribution in [0.2, 0.25) is 0 Å². The molecule has 0 spiro atoms. The van der Waals surface area contributed by atoms with Crippen LogP contribution >= 0.6 is 0 Å². The molecule has 1 aliphatic rings. The molecule has 0 radical (unpaired) electrons. The van der Waals surface area contributed by atoms with E-state index < -0.39 is 0 Å². The van der Waals surface area contributed by atoms with Gasteiger partial charge in [-0.1, -0.05) is 32.1 Å². The molecule has 0 aromatic rings. The summed E-state index contributed by atoms with van der Waals surface area (Å²) in [4.78, 5) is 10.2. The molecule has 2 N–H and O–H groups in total. The maximum atomic E-state index is 10.2. The summed E-state index contributed by atoms with van der Waals surface area (Å²) in [6.07, 6.45) is 8.47. The average Bonchev–Trinajstić information content (AvgIpc) is 2.25. The van der Waals surface area contributed by atoms with Gasteiger partial charge >= 0.3 is 0 Å². The number of aliphatic hydroxyl groups excluding tert-OH is 1. The topological polar surface area (TPSA) is 49.3 Å². The van der Waals surface area contributed by atoms with Gasteiger partial charge in [0.1, 0.15) is 6.29 Å². The molecule has 14 heavy (non-hydrogen) atoms. The van der Waals surface area contributed by atoms with Crippen molar-refractivity contribution in [3.63, 3.8) is 0 Å². The van der Waals surface area contributed by atoms with Crippen LogP contribution < -0.4 is 5.32 Å². The van der Waals surface area contributed by atoms with Crippen LogP contribution in [0.3, 0.4) is 0 Å². The Morgan fingerprint density at radius 2 is 2.07 bits per heavy atom. The third-order valence-corrected chi connectivity index (χ3v) is 3.05. The Morgan fingerprint density at radius 3 is 2.64 bits per heavy atom. The van der Waals surface area contributed by atoms with Crippen LogP contribution in [0, 0.1) is 5.92 Å². The lowest BCUT2D eigenvalue weighted by Crippen LogP contribution is -2.35. The first-order chi connectivity index (χ1) is 6.86. The standard InChI is InChI=1S/C11H21NO2/c13-7-6-12-11(9-14)8-10-4-2-1-3-5-10/h7,10-12,14H,1-6,8-9H2. The van der Waals surface area contributed by atoms with E-state index in [0.29, 0.717) is 6.54 Å². The van der Waals surface area contributed by atoms with Crippen molar-refractivity contribution in [1.29, 1.82) is 0 Å². The third kappa shape index (κ3) is 4.20. The molecule has 3 heteroatoms. The highest BCUT2D eigenvalue weighted by molar-refractivity contribution is 5.51. The van der Waals surface area contributed by atoms with E-state index in [-0.39, 0.29) is 12.6 Å². The Kier molecular flexibility index (Phi) is 5.80. The van der Waals surface area contributed by atoms with E-state index in [1.54, 1.807) is 0 Å². The minimum atomic E-state index is 0.114. The Hall–Kier alpha value is -0.410. The number of hydrogen-bond acceptors (Lipinski definition) is 3. The van der Waals surface area contributed by atoms with E-state index in [9.17, 15) is 4.79 Å². The highest BCUT2D eigenvalue weighted by Gasteiger charge is 2.17. The van der Waals surface area contributed by atoms with Crippen molar-refractivity contribution in [3.05, 3.63) is 0 Å². The quantitative estimate of drug-likeness (QED) is 0.630. The first-order valence-corrected chi connectivity index (χ1v) is 5.64. The summed E-state index contributed by atoms with van der Waals surface area (Å²) < 4.78 is 0. The summed E-state index contributed by atoms with van der Waals surface area (Å²) in [6, 6.07) is 0.114. The second-order valence-corrected chi connectivity index (χ2v) is 4.19. The van der Waals surface area contributed by atoms with Gasteiger partial charge in [0, 0.05) is 6.04 Å². The SMILES string of the molecule is O=CCNC(CO)CC1CCCCC1. The molecule has 3 nitrogen and oxygen atoms in total. The predicted octanol–water partition coefficient (Wildman–Crippen LogP) is 1.11. The van der Waals surface area contributed by atoms with Gasteiger partial charge in [-0.05, 0) is 12.3 Å². The van der Waals surface area contributed by atoms with E-state index in [4.69, 9.17) is 5.11 Å². The molecule has 0 aromatic heterocycles. The summed E-state index contributed by atoms with van der Waals surface area (Å²) in [7, 11) is 0. The minimum Gasteiger partial charge on any atom is -0.395 e. The van der Waals surface area contributed by atoms with Gasteiger partial charge in [0.05, 0.1) is 13.2 Å². The highest BCUT2D eigenvalue weighted by Crippen LogP contribution is 2.27. The minimum absolute atomic E-state index is 0.114. The molecular weight excluding hydrogens is 178 g/mol. The van der Waals surface area contributed by atoms with E-state index >= 15 is 0 Å². The van der Waals surface area contributed by atoms with Crippen LogP contribution in [-0.2, 0) is 4.79 Å². The van der Waals surface area contributed by atoms with Gasteiger partial charge in [-0.2, -0.15) is 0 Å². The molecule has 0 bridgehead atoms. The van der Waals surface area contributed by atoms with Crippen molar-refractivity contribution in [2.45, 2.75) is 44.6 Å². The largest absolute Gasteiger partial charge is 0.395 e. The van der Waals surface area contributed by atoms with Gasteiger partial charge in [-0.25, -0.2) is 0 Å². The number of nitrogens with one attached hydrogen (secondary N) is 1. The summed E-state index contributed by atoms with van der Waals surface area (Å²) in [5.41, 5.74) is 0. The van der Waals surface area contributed by atoms with Gasteiger partial charge in [0.2, 0.25) is 0 Å². The Bertz CT molecular complexity index is 155. The maximum absolute atomic E-state index is 10.2. The number of rotatable bonds is 6. The van der Waals surface area contributed by atoms with E-state index in [0.717, 1.165) is 18.6 Å². The summed E-state index contributed by atoms with van der Waals surface area (Å²) in [5, 5.41) is 12.2. The van der Waals surface area contributed by atoms with Crippen molar-refractivity contribution in [2.24, 2.45) is 5.92 Å². The van der Waals surface area contributed by atoms with Crippen molar-refractivity contribution in [1.82, 2.24) is 5.32 Å². The van der Waals surface area contributed by atoms with Gasteiger partial charge in [0.15, 0.2) is 0 Å². The second-order valence-electron chi connectivity index (χ2n) is 4.19. The number of carbonyl (C=O) groups excluding carboxylic acids is 1. The highest BCUT2D eigenvalue weighted by atomic mass is 16.3. The Labute approximate surface area is 85.9 Å². The molecule has 1 rings (SSSR count). The number of aldehydes is 1. The van der Waals surface area contributed by atoms with Crippen LogP contribution in [-0.4, -0.2) is 30.6 Å². The third-order valence-electron chi connectivity index (χ3n) is 3.05. The lowest BCUT2D eigenvalue weighted by atomic mass is 9.85. The lowest BCUT2D eigenvalue weighted by Gasteiger charge is -2.25. The monoisotopic (exact) mass is 199 g/mol. The van der Waals surface area contributed by atoms with Crippen LogP contribution in [0.4, 0.5) is 0 Å². The van der Waals surface area contributed by atoms with E-state index in [2.05, 4.69) is 5.32 Å². The number of aliphatic hydroxyl groups is 1. The van der Waals surface area contributed by atoms with Gasteiger partial charge in [0.25, 0.3) is 0 Å². The predicted molar refractivity (Wildman–Crippen MR) is 56.1 cm³/mol. The van der Waals surface area contributed by atoms with Crippen LogP contribution in [0.1, 0.15) is 38.5 Å². The molecule has 1 saturated carbocycles. The Balaban J connectivity index is 2.19. The number of carbonyl (C=O) groups is 1. The molecular formula is C11H21NO2. The Morgan fingerprint density at radius 1 is 1.36 bits per heavy atom. The molecule has 0 saturated heterocycles. The average molecular weight is 199 g/mol. The molecule has 1 aliphatic carbocycles. The maximum Gasteiger partial charge on any atom is 0.133 e. The van der Waals surface area contributed by atoms with E-state index in [1.165, 1.54) is 32.1 Å². The molecule has 82 valence electrons. The van der Waals surface area contributed by atoms with E-state index in [1.807, 2.05) is 0 Å². The lowest BCUT2D eigenvalue weighted by molar-refractivity contribution is -0.107. The van der Waals surface area contributed by atoms with Crippen LogP contribution in [0.5, 0.6) is 0 Å². The van der Waals surface area contributed by atoms with Gasteiger partial charge in [-0.15, -0.1) is 0 Å². The fourth-order valence-electron chi connectivity index (χ4n) is 2.26. The summed E-state index contributed by atoms with van der Waals surface area (Å²) in [6.45, 7) is 0.502. The van der Waals surface area contributed by atoms with Crippen LogP contribution in [0.25, 0.3) is 0 Å². The molecule has 1 unspecified atom stereocenters. The first kappa shape index (κ1) is 11.7. The van der Waals surface area contributed by atoms with Crippen LogP contribution in [0.15, 0.2) is 0 Å². The fraction of sp³-hybridized carbons (Fsp3) is 0.909. The molecule has 0 heterocycles. The zero-order valence-electron chi connectivity index (χ0n) is 8.74. The van der Waals surface area contributed by atoms with Gasteiger partial charge in [-0.3, -0.25) is 0 Å².